The molecule has 1 unspecified atom stereocenters. The van der Waals surface area contributed by atoms with Gasteiger partial charge < -0.3 is 5.32 Å². The average molecular weight is 445 g/mol. The first-order valence-electron chi connectivity index (χ1n) is 10.3. The van der Waals surface area contributed by atoms with Crippen molar-refractivity contribution < 1.29 is 18.4 Å². The monoisotopic (exact) mass is 444 g/mol. The summed E-state index contributed by atoms with van der Waals surface area (Å²) in [6, 6.07) is 7.98. The molecule has 1 atom stereocenters. The first-order valence-corrected chi connectivity index (χ1v) is 11.2. The molecule has 1 aromatic heterocycles. The van der Waals surface area contributed by atoms with Gasteiger partial charge in [0, 0.05) is 16.5 Å². The van der Waals surface area contributed by atoms with E-state index in [1.807, 2.05) is 11.4 Å². The van der Waals surface area contributed by atoms with Crippen LogP contribution in [0.25, 0.3) is 0 Å². The smallest absolute Gasteiger partial charge is 0.248 e. The van der Waals surface area contributed by atoms with Gasteiger partial charge in [-0.3, -0.25) is 14.5 Å². The SMILES string of the molecule is C=C/C(=C(\C)F)N(C(=O)Cc1cccs1)C(C(=O)NC1CCCC1)c1ccccc1F. The molecule has 1 aromatic carbocycles. The fourth-order valence-corrected chi connectivity index (χ4v) is 4.61. The van der Waals surface area contributed by atoms with Gasteiger partial charge in [0.05, 0.1) is 12.1 Å². The fraction of sp³-hybridized carbons (Fsp3) is 0.333. The maximum atomic E-state index is 14.8. The Labute approximate surface area is 185 Å². The van der Waals surface area contributed by atoms with Crippen LogP contribution in [0.4, 0.5) is 8.78 Å². The van der Waals surface area contributed by atoms with E-state index in [4.69, 9.17) is 0 Å². The molecule has 0 radical (unpaired) electrons. The van der Waals surface area contributed by atoms with E-state index in [0.717, 1.165) is 35.5 Å². The highest BCUT2D eigenvalue weighted by Crippen LogP contribution is 2.31. The summed E-state index contributed by atoms with van der Waals surface area (Å²) in [6.07, 6.45) is 4.80. The van der Waals surface area contributed by atoms with Crippen molar-refractivity contribution in [2.24, 2.45) is 0 Å². The van der Waals surface area contributed by atoms with Crippen molar-refractivity contribution in [3.8, 4) is 0 Å². The fourth-order valence-electron chi connectivity index (χ4n) is 3.91. The van der Waals surface area contributed by atoms with Crippen molar-refractivity contribution in [2.75, 3.05) is 0 Å². The molecule has 1 fully saturated rings. The van der Waals surface area contributed by atoms with Crippen molar-refractivity contribution in [1.82, 2.24) is 10.2 Å². The van der Waals surface area contributed by atoms with Gasteiger partial charge in [-0.1, -0.05) is 43.7 Å². The molecular weight excluding hydrogens is 418 g/mol. The predicted octanol–water partition coefficient (Wildman–Crippen LogP) is 5.45. The Kier molecular flexibility index (Phi) is 7.74. The molecule has 2 aromatic rings. The van der Waals surface area contributed by atoms with Crippen molar-refractivity contribution in [1.29, 1.82) is 0 Å². The number of thiophene rings is 1. The van der Waals surface area contributed by atoms with Crippen LogP contribution in [-0.4, -0.2) is 22.8 Å². The molecule has 31 heavy (non-hydrogen) atoms. The third kappa shape index (κ3) is 5.47. The largest absolute Gasteiger partial charge is 0.351 e. The highest BCUT2D eigenvalue weighted by molar-refractivity contribution is 7.10. The lowest BCUT2D eigenvalue weighted by molar-refractivity contribution is -0.138. The van der Waals surface area contributed by atoms with Gasteiger partial charge in [-0.2, -0.15) is 0 Å². The van der Waals surface area contributed by atoms with Crippen molar-refractivity contribution in [3.05, 3.63) is 82.2 Å². The van der Waals surface area contributed by atoms with Crippen LogP contribution in [-0.2, 0) is 16.0 Å². The lowest BCUT2D eigenvalue weighted by atomic mass is 10.0. The highest BCUT2D eigenvalue weighted by Gasteiger charge is 2.37. The van der Waals surface area contributed by atoms with Gasteiger partial charge in [0.15, 0.2) is 0 Å². The Balaban J connectivity index is 2.07. The third-order valence-corrected chi connectivity index (χ3v) is 6.26. The normalized spacial score (nSPS) is 15.8. The van der Waals surface area contributed by atoms with Crippen molar-refractivity contribution >= 4 is 23.2 Å². The molecule has 164 valence electrons. The van der Waals surface area contributed by atoms with Crippen LogP contribution in [0.5, 0.6) is 0 Å². The Hall–Kier alpha value is -2.80. The molecule has 1 heterocycles. The van der Waals surface area contributed by atoms with E-state index in [-0.39, 0.29) is 23.7 Å². The summed E-state index contributed by atoms with van der Waals surface area (Å²) in [5.41, 5.74) is -0.130. The van der Waals surface area contributed by atoms with Crippen LogP contribution in [0.2, 0.25) is 0 Å². The number of nitrogens with one attached hydrogen (secondary N) is 1. The predicted molar refractivity (Wildman–Crippen MR) is 118 cm³/mol. The minimum Gasteiger partial charge on any atom is -0.351 e. The topological polar surface area (TPSA) is 49.4 Å². The number of benzene rings is 1. The van der Waals surface area contributed by atoms with Crippen LogP contribution >= 0.6 is 11.3 Å². The summed E-state index contributed by atoms with van der Waals surface area (Å²) in [7, 11) is 0. The number of hydrogen-bond donors (Lipinski definition) is 1. The molecule has 1 aliphatic carbocycles. The van der Waals surface area contributed by atoms with Crippen LogP contribution in [0.15, 0.2) is 66.0 Å². The van der Waals surface area contributed by atoms with Gasteiger partial charge in [-0.25, -0.2) is 8.78 Å². The molecule has 2 amide bonds. The standard InChI is InChI=1S/C24H26F2N2O2S/c1-3-21(16(2)25)28(22(29)15-18-11-8-14-31-18)23(19-12-6-7-13-20(19)26)24(30)27-17-9-4-5-10-17/h3,6-8,11-14,17,23H,1,4-5,9-10,15H2,2H3,(H,27,30)/b21-16-. The van der Waals surface area contributed by atoms with E-state index < -0.39 is 29.5 Å². The summed E-state index contributed by atoms with van der Waals surface area (Å²) >= 11 is 1.38. The molecule has 0 spiro atoms. The summed E-state index contributed by atoms with van der Waals surface area (Å²) in [4.78, 5) is 28.6. The number of carbonyl (C=O) groups excluding carboxylic acids is 2. The number of rotatable bonds is 8. The minimum atomic E-state index is -1.35. The zero-order chi connectivity index (χ0) is 22.4. The zero-order valence-corrected chi connectivity index (χ0v) is 18.3. The van der Waals surface area contributed by atoms with E-state index in [0.29, 0.717) is 0 Å². The maximum absolute atomic E-state index is 14.8. The first-order chi connectivity index (χ1) is 14.9. The molecule has 4 nitrogen and oxygen atoms in total. The molecule has 7 heteroatoms. The number of halogens is 2. The number of hydrogen-bond acceptors (Lipinski definition) is 3. The second kappa shape index (κ2) is 10.5. The van der Waals surface area contributed by atoms with Gasteiger partial charge >= 0.3 is 0 Å². The maximum Gasteiger partial charge on any atom is 0.248 e. The van der Waals surface area contributed by atoms with Gasteiger partial charge in [-0.15, -0.1) is 11.3 Å². The van der Waals surface area contributed by atoms with Gasteiger partial charge in [0.25, 0.3) is 0 Å². The van der Waals surface area contributed by atoms with E-state index in [1.165, 1.54) is 42.5 Å². The zero-order valence-electron chi connectivity index (χ0n) is 17.4. The number of amides is 2. The molecule has 0 aliphatic heterocycles. The number of nitrogens with zero attached hydrogens (tertiary/aromatic N) is 1. The van der Waals surface area contributed by atoms with E-state index in [2.05, 4.69) is 11.9 Å². The average Bonchev–Trinajstić information content (AvgIpc) is 3.43. The van der Waals surface area contributed by atoms with Gasteiger partial charge in [0.2, 0.25) is 11.8 Å². The van der Waals surface area contributed by atoms with Gasteiger partial charge in [0.1, 0.15) is 17.7 Å². The van der Waals surface area contributed by atoms with E-state index in [1.54, 1.807) is 12.1 Å². The molecule has 1 aliphatic rings. The molecule has 1 N–H and O–H groups in total. The number of carbonyl (C=O) groups is 2. The Bertz CT molecular complexity index is 962. The van der Waals surface area contributed by atoms with Crippen molar-refractivity contribution in [2.45, 2.75) is 51.1 Å². The summed E-state index contributed by atoms with van der Waals surface area (Å²) in [5.74, 6) is -2.35. The van der Waals surface area contributed by atoms with Gasteiger partial charge in [-0.05, 0) is 43.4 Å². The second-order valence-corrected chi connectivity index (χ2v) is 8.59. The Morgan fingerprint density at radius 3 is 2.55 bits per heavy atom. The van der Waals surface area contributed by atoms with Crippen LogP contribution in [0.1, 0.15) is 49.1 Å². The quantitative estimate of drug-likeness (QED) is 0.551. The molecular formula is C24H26F2N2O2S. The molecule has 3 rings (SSSR count). The van der Waals surface area contributed by atoms with E-state index in [9.17, 15) is 18.4 Å². The summed E-state index contributed by atoms with van der Waals surface area (Å²) in [6.45, 7) is 4.82. The lowest BCUT2D eigenvalue weighted by Gasteiger charge is -2.33. The van der Waals surface area contributed by atoms with Crippen LogP contribution < -0.4 is 5.32 Å². The summed E-state index contributed by atoms with van der Waals surface area (Å²) in [5, 5.41) is 4.77. The first kappa shape index (κ1) is 22.9. The molecule has 0 bridgehead atoms. The Morgan fingerprint density at radius 2 is 1.97 bits per heavy atom. The highest BCUT2D eigenvalue weighted by atomic mass is 32.1. The molecule has 1 saturated carbocycles. The van der Waals surface area contributed by atoms with Crippen LogP contribution in [0, 0.1) is 5.82 Å². The third-order valence-electron chi connectivity index (χ3n) is 5.39. The second-order valence-electron chi connectivity index (χ2n) is 7.56. The van der Waals surface area contributed by atoms with Crippen molar-refractivity contribution in [3.63, 3.8) is 0 Å². The molecule has 0 saturated heterocycles. The summed E-state index contributed by atoms with van der Waals surface area (Å²) < 4.78 is 29.3. The lowest BCUT2D eigenvalue weighted by Crippen LogP contribution is -2.46. The van der Waals surface area contributed by atoms with E-state index >= 15 is 0 Å². The van der Waals surface area contributed by atoms with Crippen LogP contribution in [0.3, 0.4) is 0 Å². The minimum absolute atomic E-state index is 0.0122. The number of allylic oxidation sites excluding steroid dienone is 2. The Morgan fingerprint density at radius 1 is 1.26 bits per heavy atom.